The lowest BCUT2D eigenvalue weighted by atomic mass is 9.86. The lowest BCUT2D eigenvalue weighted by Gasteiger charge is -2.23. The van der Waals surface area contributed by atoms with Crippen molar-refractivity contribution < 1.29 is 14.7 Å². The fourth-order valence-electron chi connectivity index (χ4n) is 1.78. The molecule has 1 aromatic carbocycles. The van der Waals surface area contributed by atoms with Gasteiger partial charge in [0.1, 0.15) is 5.41 Å². The predicted molar refractivity (Wildman–Crippen MR) is 78.7 cm³/mol. The highest BCUT2D eigenvalue weighted by Gasteiger charge is 2.42. The first kappa shape index (κ1) is 14.9. The summed E-state index contributed by atoms with van der Waals surface area (Å²) in [4.78, 5) is 24.6. The largest absolute Gasteiger partial charge is 0.480 e. The van der Waals surface area contributed by atoms with Gasteiger partial charge in [-0.2, -0.15) is 0 Å². The van der Waals surface area contributed by atoms with Crippen molar-refractivity contribution in [2.75, 3.05) is 5.75 Å². The lowest BCUT2D eigenvalue weighted by molar-refractivity contribution is -0.154. The fraction of sp³-hybridized carbons (Fsp3) is 0.467. The van der Waals surface area contributed by atoms with Crippen molar-refractivity contribution in [1.82, 2.24) is 5.32 Å². The Labute approximate surface area is 123 Å². The second-order valence-electron chi connectivity index (χ2n) is 5.30. The molecule has 5 heteroatoms. The van der Waals surface area contributed by atoms with Crippen LogP contribution in [-0.4, -0.2) is 28.8 Å². The number of aliphatic carboxylic acids is 1. The molecule has 0 spiro atoms. The molecule has 0 bridgehead atoms. The van der Waals surface area contributed by atoms with E-state index in [1.807, 2.05) is 30.3 Å². The summed E-state index contributed by atoms with van der Waals surface area (Å²) in [6, 6.07) is 9.97. The first-order valence-corrected chi connectivity index (χ1v) is 7.73. The maximum atomic E-state index is 12.1. The minimum atomic E-state index is -1.34. The SMILES string of the molecule is CC(CCSc1ccccc1)(C(=O)O)C(=O)NC1CC1. The van der Waals surface area contributed by atoms with Crippen LogP contribution in [0.1, 0.15) is 26.2 Å². The summed E-state index contributed by atoms with van der Waals surface area (Å²) in [6.07, 6.45) is 2.24. The third-order valence-electron chi connectivity index (χ3n) is 3.50. The number of rotatable bonds is 7. The topological polar surface area (TPSA) is 66.4 Å². The number of hydrogen-bond donors (Lipinski definition) is 2. The number of nitrogens with one attached hydrogen (secondary N) is 1. The third-order valence-corrected chi connectivity index (χ3v) is 4.51. The molecule has 0 aromatic heterocycles. The molecular weight excluding hydrogens is 274 g/mol. The number of benzene rings is 1. The highest BCUT2D eigenvalue weighted by atomic mass is 32.2. The van der Waals surface area contributed by atoms with Crippen LogP contribution in [0.5, 0.6) is 0 Å². The minimum absolute atomic E-state index is 0.183. The Morgan fingerprint density at radius 1 is 1.35 bits per heavy atom. The Balaban J connectivity index is 1.91. The molecule has 1 aliphatic rings. The monoisotopic (exact) mass is 293 g/mol. The molecule has 4 nitrogen and oxygen atoms in total. The van der Waals surface area contributed by atoms with E-state index < -0.39 is 11.4 Å². The summed E-state index contributed by atoms with van der Waals surface area (Å²) in [6.45, 7) is 1.51. The van der Waals surface area contributed by atoms with Gasteiger partial charge in [0.05, 0.1) is 0 Å². The van der Waals surface area contributed by atoms with Crippen LogP contribution in [0.4, 0.5) is 0 Å². The van der Waals surface area contributed by atoms with Crippen molar-refractivity contribution in [3.05, 3.63) is 30.3 Å². The van der Waals surface area contributed by atoms with Gasteiger partial charge in [0.25, 0.3) is 0 Å². The zero-order valence-electron chi connectivity index (χ0n) is 11.5. The molecule has 0 heterocycles. The van der Waals surface area contributed by atoms with E-state index in [1.54, 1.807) is 11.8 Å². The Morgan fingerprint density at radius 3 is 2.55 bits per heavy atom. The van der Waals surface area contributed by atoms with Crippen LogP contribution < -0.4 is 5.32 Å². The Kier molecular flexibility index (Phi) is 4.70. The number of carbonyl (C=O) groups is 2. The van der Waals surface area contributed by atoms with Crippen molar-refractivity contribution >= 4 is 23.6 Å². The van der Waals surface area contributed by atoms with Gasteiger partial charge in [0.2, 0.25) is 5.91 Å². The number of carbonyl (C=O) groups excluding carboxylic acids is 1. The van der Waals surface area contributed by atoms with Crippen molar-refractivity contribution in [1.29, 1.82) is 0 Å². The Bertz CT molecular complexity index is 487. The van der Waals surface area contributed by atoms with Crippen molar-refractivity contribution in [3.63, 3.8) is 0 Å². The highest BCUT2D eigenvalue weighted by molar-refractivity contribution is 7.99. The molecule has 1 amide bonds. The molecule has 2 N–H and O–H groups in total. The molecule has 108 valence electrons. The van der Waals surface area contributed by atoms with Gasteiger partial charge < -0.3 is 10.4 Å². The van der Waals surface area contributed by atoms with Gasteiger partial charge in [-0.05, 0) is 44.1 Å². The molecule has 1 fully saturated rings. The second kappa shape index (κ2) is 6.31. The summed E-state index contributed by atoms with van der Waals surface area (Å²) in [5, 5.41) is 12.2. The minimum Gasteiger partial charge on any atom is -0.480 e. The van der Waals surface area contributed by atoms with Crippen LogP contribution in [-0.2, 0) is 9.59 Å². The molecule has 20 heavy (non-hydrogen) atoms. The van der Waals surface area contributed by atoms with Gasteiger partial charge in [-0.25, -0.2) is 0 Å². The maximum absolute atomic E-state index is 12.1. The molecule has 0 aliphatic heterocycles. The van der Waals surface area contributed by atoms with E-state index in [4.69, 9.17) is 0 Å². The number of thioether (sulfide) groups is 1. The molecule has 0 radical (unpaired) electrons. The number of hydrogen-bond acceptors (Lipinski definition) is 3. The molecule has 1 unspecified atom stereocenters. The summed E-state index contributed by atoms with van der Waals surface area (Å²) in [5.74, 6) is -0.810. The van der Waals surface area contributed by atoms with Gasteiger partial charge in [0.15, 0.2) is 0 Å². The molecule has 1 saturated carbocycles. The second-order valence-corrected chi connectivity index (χ2v) is 6.46. The van der Waals surface area contributed by atoms with Crippen LogP contribution in [0.2, 0.25) is 0 Å². The lowest BCUT2D eigenvalue weighted by Crippen LogP contribution is -2.45. The van der Waals surface area contributed by atoms with Crippen molar-refractivity contribution in [2.45, 2.75) is 37.1 Å². The van der Waals surface area contributed by atoms with E-state index in [2.05, 4.69) is 5.32 Å². The van der Waals surface area contributed by atoms with Crippen LogP contribution in [0.15, 0.2) is 35.2 Å². The quantitative estimate of drug-likeness (QED) is 0.599. The maximum Gasteiger partial charge on any atom is 0.318 e. The predicted octanol–water partition coefficient (Wildman–Crippen LogP) is 2.54. The van der Waals surface area contributed by atoms with Gasteiger partial charge in [-0.1, -0.05) is 18.2 Å². The van der Waals surface area contributed by atoms with E-state index in [1.165, 1.54) is 6.92 Å². The van der Waals surface area contributed by atoms with Crippen LogP contribution in [0.3, 0.4) is 0 Å². The van der Waals surface area contributed by atoms with Gasteiger partial charge in [-0.3, -0.25) is 9.59 Å². The van der Waals surface area contributed by atoms with Gasteiger partial charge in [-0.15, -0.1) is 11.8 Å². The molecule has 2 rings (SSSR count). The highest BCUT2D eigenvalue weighted by Crippen LogP contribution is 2.29. The Hall–Kier alpha value is -1.49. The molecule has 1 aliphatic carbocycles. The first-order valence-electron chi connectivity index (χ1n) is 6.74. The number of amides is 1. The van der Waals surface area contributed by atoms with Crippen molar-refractivity contribution in [2.24, 2.45) is 5.41 Å². The normalized spacial score (nSPS) is 17.2. The van der Waals surface area contributed by atoms with E-state index in [0.29, 0.717) is 12.2 Å². The van der Waals surface area contributed by atoms with Crippen LogP contribution in [0, 0.1) is 5.41 Å². The third kappa shape index (κ3) is 3.76. The average Bonchev–Trinajstić information content (AvgIpc) is 3.23. The van der Waals surface area contributed by atoms with E-state index in [0.717, 1.165) is 17.7 Å². The summed E-state index contributed by atoms with van der Waals surface area (Å²) >= 11 is 1.57. The molecule has 1 atom stereocenters. The van der Waals surface area contributed by atoms with E-state index in [9.17, 15) is 14.7 Å². The smallest absolute Gasteiger partial charge is 0.318 e. The summed E-state index contributed by atoms with van der Waals surface area (Å²) in [5.41, 5.74) is -1.34. The summed E-state index contributed by atoms with van der Waals surface area (Å²) in [7, 11) is 0. The Morgan fingerprint density at radius 2 is 2.00 bits per heavy atom. The van der Waals surface area contributed by atoms with Gasteiger partial charge in [0, 0.05) is 10.9 Å². The number of carboxylic acid groups (broad SMARTS) is 1. The first-order chi connectivity index (χ1) is 9.52. The van der Waals surface area contributed by atoms with Crippen LogP contribution in [0.25, 0.3) is 0 Å². The van der Waals surface area contributed by atoms with E-state index in [-0.39, 0.29) is 11.9 Å². The van der Waals surface area contributed by atoms with Gasteiger partial charge >= 0.3 is 5.97 Å². The zero-order chi connectivity index (χ0) is 14.6. The molecule has 0 saturated heterocycles. The van der Waals surface area contributed by atoms with Crippen LogP contribution >= 0.6 is 11.8 Å². The molecule has 1 aromatic rings. The summed E-state index contributed by atoms with van der Waals surface area (Å²) < 4.78 is 0. The van der Waals surface area contributed by atoms with Crippen molar-refractivity contribution in [3.8, 4) is 0 Å². The standard InChI is InChI=1S/C15H19NO3S/c1-15(14(18)19,13(17)16-11-7-8-11)9-10-20-12-5-3-2-4-6-12/h2-6,11H,7-10H2,1H3,(H,16,17)(H,18,19). The average molecular weight is 293 g/mol. The zero-order valence-corrected chi connectivity index (χ0v) is 12.3. The van der Waals surface area contributed by atoms with E-state index >= 15 is 0 Å². The fourth-order valence-corrected chi connectivity index (χ4v) is 2.88. The molecular formula is C15H19NO3S. The number of carboxylic acids is 1.